The molecule has 0 radical (unpaired) electrons. The van der Waals surface area contributed by atoms with Gasteiger partial charge in [-0.1, -0.05) is 59.8 Å². The first kappa shape index (κ1) is 17.8. The van der Waals surface area contributed by atoms with Crippen molar-refractivity contribution in [1.82, 2.24) is 5.32 Å². The van der Waals surface area contributed by atoms with Gasteiger partial charge in [-0.05, 0) is 35.7 Å². The minimum atomic E-state index is -0.484. The number of thioether (sulfide) groups is 1. The van der Waals surface area contributed by atoms with Crippen LogP contribution in [0.5, 0.6) is 0 Å². The van der Waals surface area contributed by atoms with Crippen molar-refractivity contribution in [2.45, 2.75) is 11.7 Å². The molecule has 0 bridgehead atoms. The minimum absolute atomic E-state index is 0.0919. The van der Waals surface area contributed by atoms with Crippen LogP contribution in [-0.2, 0) is 4.79 Å². The third kappa shape index (κ3) is 3.89. The molecule has 1 atom stereocenters. The van der Waals surface area contributed by atoms with Gasteiger partial charge in [0.15, 0.2) is 11.0 Å². The van der Waals surface area contributed by atoms with Gasteiger partial charge in [-0.25, -0.2) is 4.99 Å². The normalized spacial score (nSPS) is 18.0. The molecule has 27 heavy (non-hydrogen) atoms. The molecule has 6 heteroatoms. The van der Waals surface area contributed by atoms with Gasteiger partial charge in [0.25, 0.3) is 0 Å². The van der Waals surface area contributed by atoms with E-state index in [2.05, 4.69) is 10.3 Å². The van der Waals surface area contributed by atoms with E-state index in [4.69, 9.17) is 11.6 Å². The highest BCUT2D eigenvalue weighted by molar-refractivity contribution is 8.15. The molecule has 0 aromatic heterocycles. The number of hydrogen-bond acceptors (Lipinski definition) is 4. The van der Waals surface area contributed by atoms with E-state index in [0.29, 0.717) is 15.8 Å². The minimum Gasteiger partial charge on any atom is -0.304 e. The highest BCUT2D eigenvalue weighted by Crippen LogP contribution is 2.30. The smallest absolute Gasteiger partial charge is 0.240 e. The Labute approximate surface area is 165 Å². The zero-order valence-corrected chi connectivity index (χ0v) is 15.8. The van der Waals surface area contributed by atoms with Crippen LogP contribution in [0.3, 0.4) is 0 Å². The number of benzene rings is 3. The topological polar surface area (TPSA) is 58.5 Å². The Morgan fingerprint density at radius 2 is 1.78 bits per heavy atom. The fraction of sp³-hybridized carbons (Fsp3) is 0.0952. The average Bonchev–Trinajstić information content (AvgIpc) is 3.01. The van der Waals surface area contributed by atoms with E-state index in [1.165, 1.54) is 11.8 Å². The van der Waals surface area contributed by atoms with Gasteiger partial charge in [0, 0.05) is 22.4 Å². The molecule has 0 aliphatic carbocycles. The summed E-state index contributed by atoms with van der Waals surface area (Å²) >= 11 is 7.14. The lowest BCUT2D eigenvalue weighted by Gasteiger charge is -2.05. The summed E-state index contributed by atoms with van der Waals surface area (Å²) in [5.41, 5.74) is 1.34. The van der Waals surface area contributed by atoms with Gasteiger partial charge in [0.1, 0.15) is 0 Å². The Bertz CT molecular complexity index is 1060. The molecule has 3 aromatic carbocycles. The maximum atomic E-state index is 12.4. The second-order valence-corrected chi connectivity index (χ2v) is 7.77. The first-order chi connectivity index (χ1) is 13.1. The van der Waals surface area contributed by atoms with Crippen LogP contribution in [-0.4, -0.2) is 22.1 Å². The maximum Gasteiger partial charge on any atom is 0.240 e. The van der Waals surface area contributed by atoms with Gasteiger partial charge in [-0.2, -0.15) is 0 Å². The lowest BCUT2D eigenvalue weighted by molar-refractivity contribution is -0.118. The van der Waals surface area contributed by atoms with Crippen LogP contribution in [0.15, 0.2) is 71.7 Å². The number of rotatable bonds is 4. The number of aliphatic imine (C=N–C) groups is 1. The first-order valence-electron chi connectivity index (χ1n) is 8.43. The Balaban J connectivity index is 1.52. The number of nitrogens with one attached hydrogen (secondary N) is 1. The molecule has 1 amide bonds. The highest BCUT2D eigenvalue weighted by Gasteiger charge is 2.32. The summed E-state index contributed by atoms with van der Waals surface area (Å²) in [7, 11) is 0. The number of nitrogens with zero attached hydrogens (tertiary/aromatic N) is 1. The zero-order valence-electron chi connectivity index (χ0n) is 14.2. The third-order valence-electron chi connectivity index (χ3n) is 4.30. The van der Waals surface area contributed by atoms with Crippen molar-refractivity contribution >= 4 is 56.7 Å². The molecule has 1 heterocycles. The van der Waals surface area contributed by atoms with Crippen molar-refractivity contribution in [1.29, 1.82) is 0 Å². The molecule has 4 rings (SSSR count). The maximum absolute atomic E-state index is 12.4. The van der Waals surface area contributed by atoms with Crippen molar-refractivity contribution in [3.8, 4) is 0 Å². The van der Waals surface area contributed by atoms with Crippen molar-refractivity contribution in [3.05, 3.63) is 77.3 Å². The summed E-state index contributed by atoms with van der Waals surface area (Å²) in [6.45, 7) is 0. The van der Waals surface area contributed by atoms with Crippen LogP contribution in [0.2, 0.25) is 5.02 Å². The van der Waals surface area contributed by atoms with E-state index in [9.17, 15) is 9.59 Å². The number of halogens is 1. The summed E-state index contributed by atoms with van der Waals surface area (Å²) in [6, 6.07) is 20.5. The lowest BCUT2D eigenvalue weighted by atomic mass is 10.1. The van der Waals surface area contributed by atoms with Crippen LogP contribution in [0, 0.1) is 0 Å². The van der Waals surface area contributed by atoms with Crippen molar-refractivity contribution in [3.63, 3.8) is 0 Å². The fourth-order valence-electron chi connectivity index (χ4n) is 2.93. The van der Waals surface area contributed by atoms with Gasteiger partial charge in [-0.15, -0.1) is 0 Å². The van der Waals surface area contributed by atoms with E-state index in [1.807, 2.05) is 42.5 Å². The molecule has 4 nitrogen and oxygen atoms in total. The summed E-state index contributed by atoms with van der Waals surface area (Å²) in [5.74, 6) is -0.285. The standard InChI is InChI=1S/C21H15ClN2O2S/c22-15-10-8-14(9-11-15)18(25)12-19-20(26)24-21(27-19)23-17-7-3-5-13-4-1-2-6-16(13)17/h1-11,19H,12H2,(H,23,24,26). The Hall–Kier alpha value is -2.63. The van der Waals surface area contributed by atoms with Gasteiger partial charge < -0.3 is 5.32 Å². The van der Waals surface area contributed by atoms with E-state index in [0.717, 1.165) is 16.5 Å². The van der Waals surface area contributed by atoms with E-state index in [-0.39, 0.29) is 18.1 Å². The molecule has 3 aromatic rings. The largest absolute Gasteiger partial charge is 0.304 e. The molecular weight excluding hydrogens is 380 g/mol. The van der Waals surface area contributed by atoms with E-state index < -0.39 is 5.25 Å². The number of amides is 1. The van der Waals surface area contributed by atoms with Gasteiger partial charge in [0.2, 0.25) is 5.91 Å². The molecular formula is C21H15ClN2O2S. The summed E-state index contributed by atoms with van der Waals surface area (Å²) < 4.78 is 0. The van der Waals surface area contributed by atoms with Crippen molar-refractivity contribution in [2.75, 3.05) is 0 Å². The Kier molecular flexibility index (Phi) is 4.97. The number of Topliss-reactive ketones (excluding diaryl/α,β-unsaturated/α-hetero) is 1. The molecule has 1 aliphatic heterocycles. The zero-order chi connectivity index (χ0) is 18.8. The SMILES string of the molecule is O=C(CC1SC(=Nc2cccc3ccccc23)NC1=O)c1ccc(Cl)cc1. The Morgan fingerprint density at radius 1 is 1.04 bits per heavy atom. The quantitative estimate of drug-likeness (QED) is 0.634. The number of ketones is 1. The molecule has 0 saturated carbocycles. The van der Waals surface area contributed by atoms with Crippen LogP contribution in [0.25, 0.3) is 10.8 Å². The number of fused-ring (bicyclic) bond motifs is 1. The molecule has 0 spiro atoms. The summed E-state index contributed by atoms with van der Waals surface area (Å²) in [6.07, 6.45) is 0.118. The first-order valence-corrected chi connectivity index (χ1v) is 9.69. The third-order valence-corrected chi connectivity index (χ3v) is 5.64. The van der Waals surface area contributed by atoms with Crippen molar-refractivity contribution < 1.29 is 9.59 Å². The van der Waals surface area contributed by atoms with E-state index in [1.54, 1.807) is 24.3 Å². The fourth-order valence-corrected chi connectivity index (χ4v) is 4.04. The number of carbonyl (C=O) groups is 2. The van der Waals surface area contributed by atoms with Gasteiger partial charge in [-0.3, -0.25) is 9.59 Å². The highest BCUT2D eigenvalue weighted by atomic mass is 35.5. The lowest BCUT2D eigenvalue weighted by Crippen LogP contribution is -2.26. The predicted octanol–water partition coefficient (Wildman–Crippen LogP) is 4.99. The van der Waals surface area contributed by atoms with Crippen LogP contribution in [0.1, 0.15) is 16.8 Å². The second kappa shape index (κ2) is 7.55. The second-order valence-electron chi connectivity index (χ2n) is 6.15. The number of hydrogen-bond donors (Lipinski definition) is 1. The number of amidine groups is 1. The molecule has 1 saturated heterocycles. The summed E-state index contributed by atoms with van der Waals surface area (Å²) in [5, 5.41) is 5.49. The van der Waals surface area contributed by atoms with Crippen LogP contribution < -0.4 is 5.32 Å². The van der Waals surface area contributed by atoms with Crippen LogP contribution >= 0.6 is 23.4 Å². The molecule has 1 aliphatic rings. The molecule has 1 unspecified atom stereocenters. The monoisotopic (exact) mass is 394 g/mol. The van der Waals surface area contributed by atoms with Gasteiger partial charge >= 0.3 is 0 Å². The van der Waals surface area contributed by atoms with Gasteiger partial charge in [0.05, 0.1) is 10.9 Å². The molecule has 1 fully saturated rings. The Morgan fingerprint density at radius 3 is 2.59 bits per heavy atom. The summed E-state index contributed by atoms with van der Waals surface area (Å²) in [4.78, 5) is 29.3. The van der Waals surface area contributed by atoms with E-state index >= 15 is 0 Å². The van der Waals surface area contributed by atoms with Crippen LogP contribution in [0.4, 0.5) is 5.69 Å². The predicted molar refractivity (Wildman–Crippen MR) is 111 cm³/mol. The molecule has 1 N–H and O–H groups in total. The number of carbonyl (C=O) groups excluding carboxylic acids is 2. The average molecular weight is 395 g/mol. The molecule has 134 valence electrons. The van der Waals surface area contributed by atoms with Crippen molar-refractivity contribution in [2.24, 2.45) is 4.99 Å².